The zero-order valence-electron chi connectivity index (χ0n) is 16.2. The normalized spacial score (nSPS) is 15.8. The van der Waals surface area contributed by atoms with E-state index in [2.05, 4.69) is 28.6 Å². The van der Waals surface area contributed by atoms with Gasteiger partial charge in [0, 0.05) is 25.3 Å². The maximum atomic E-state index is 11.7. The van der Waals surface area contributed by atoms with Crippen molar-refractivity contribution in [2.24, 2.45) is 0 Å². The van der Waals surface area contributed by atoms with Crippen LogP contribution in [0.2, 0.25) is 0 Å². The van der Waals surface area contributed by atoms with Gasteiger partial charge in [-0.2, -0.15) is 4.31 Å². The molecule has 1 fully saturated rings. The molecule has 1 aromatic heterocycles. The lowest BCUT2D eigenvalue weighted by Gasteiger charge is -2.36. The first-order valence-corrected chi connectivity index (χ1v) is 12.1. The van der Waals surface area contributed by atoms with Crippen LogP contribution in [0.25, 0.3) is 10.2 Å². The fraction of sp³-hybridized carbons (Fsp3) is 0.286. The van der Waals surface area contributed by atoms with Crippen molar-refractivity contribution in [3.8, 4) is 10.9 Å². The average molecular weight is 430 g/mol. The average Bonchev–Trinajstić information content (AvgIpc) is 3.09. The molecule has 0 amide bonds. The van der Waals surface area contributed by atoms with E-state index in [1.165, 1.54) is 27.5 Å². The van der Waals surface area contributed by atoms with Gasteiger partial charge < -0.3 is 9.64 Å². The summed E-state index contributed by atoms with van der Waals surface area (Å²) in [5.41, 5.74) is 2.98. The number of aromatic nitrogens is 1. The van der Waals surface area contributed by atoms with Gasteiger partial charge in [0.25, 0.3) is 5.19 Å². The predicted molar refractivity (Wildman–Crippen MR) is 117 cm³/mol. The molecular formula is C21H23N3O3S2. The van der Waals surface area contributed by atoms with Crippen molar-refractivity contribution in [3.63, 3.8) is 0 Å². The maximum absolute atomic E-state index is 11.7. The minimum atomic E-state index is -3.16. The highest BCUT2D eigenvalue weighted by molar-refractivity contribution is 7.88. The van der Waals surface area contributed by atoms with Crippen molar-refractivity contribution in [1.29, 1.82) is 0 Å². The molecule has 1 aliphatic rings. The Labute approximate surface area is 175 Å². The molecule has 3 aromatic rings. The summed E-state index contributed by atoms with van der Waals surface area (Å²) in [5, 5.41) is 0.638. The second-order valence-electron chi connectivity index (χ2n) is 7.09. The highest BCUT2D eigenvalue weighted by atomic mass is 32.2. The minimum Gasteiger partial charge on any atom is -0.431 e. The monoisotopic (exact) mass is 429 g/mol. The summed E-state index contributed by atoms with van der Waals surface area (Å²) < 4.78 is 31.8. The molecule has 2 heterocycles. The number of nitrogens with zero attached hydrogens (tertiary/aromatic N) is 3. The van der Waals surface area contributed by atoms with E-state index in [0.717, 1.165) is 34.6 Å². The van der Waals surface area contributed by atoms with E-state index in [1.54, 1.807) is 0 Å². The van der Waals surface area contributed by atoms with Crippen LogP contribution in [-0.4, -0.2) is 55.0 Å². The van der Waals surface area contributed by atoms with Crippen molar-refractivity contribution in [2.75, 3.05) is 32.4 Å². The number of benzene rings is 2. The van der Waals surface area contributed by atoms with E-state index in [4.69, 9.17) is 4.74 Å². The topological polar surface area (TPSA) is 62.7 Å². The molecule has 0 spiro atoms. The fourth-order valence-electron chi connectivity index (χ4n) is 3.31. The van der Waals surface area contributed by atoms with Gasteiger partial charge in [-0.3, -0.25) is 0 Å². The van der Waals surface area contributed by atoms with E-state index < -0.39 is 10.0 Å². The third-order valence-electron chi connectivity index (χ3n) is 4.97. The second-order valence-corrected chi connectivity index (χ2v) is 10.1. The highest BCUT2D eigenvalue weighted by Crippen LogP contribution is 2.31. The van der Waals surface area contributed by atoms with Crippen LogP contribution in [0.1, 0.15) is 5.56 Å². The van der Waals surface area contributed by atoms with Gasteiger partial charge in [-0.25, -0.2) is 13.4 Å². The molecule has 152 valence electrons. The predicted octanol–water partition coefficient (Wildman–Crippen LogP) is 3.72. The molecule has 0 atom stereocenters. The van der Waals surface area contributed by atoms with Crippen molar-refractivity contribution in [1.82, 2.24) is 14.2 Å². The summed E-state index contributed by atoms with van der Waals surface area (Å²) in [6.45, 7) is 6.41. The van der Waals surface area contributed by atoms with E-state index in [1.807, 2.05) is 36.4 Å². The molecule has 4 rings (SSSR count). The lowest BCUT2D eigenvalue weighted by Crippen LogP contribution is -2.46. The van der Waals surface area contributed by atoms with Crippen LogP contribution < -0.4 is 4.74 Å². The first kappa shape index (κ1) is 19.9. The Morgan fingerprint density at radius 2 is 1.90 bits per heavy atom. The molecular weight excluding hydrogens is 406 g/mol. The van der Waals surface area contributed by atoms with Gasteiger partial charge in [0.15, 0.2) is 0 Å². The van der Waals surface area contributed by atoms with Crippen LogP contribution in [0, 0.1) is 0 Å². The van der Waals surface area contributed by atoms with Crippen LogP contribution >= 0.6 is 11.3 Å². The molecule has 0 bridgehead atoms. The molecule has 2 aromatic carbocycles. The van der Waals surface area contributed by atoms with Crippen LogP contribution in [0.15, 0.2) is 60.8 Å². The molecule has 0 saturated carbocycles. The van der Waals surface area contributed by atoms with Gasteiger partial charge in [0.2, 0.25) is 10.0 Å². The van der Waals surface area contributed by atoms with Crippen LogP contribution in [-0.2, 0) is 16.4 Å². The summed E-state index contributed by atoms with van der Waals surface area (Å²) in [7, 11) is -3.16. The van der Waals surface area contributed by atoms with Crippen molar-refractivity contribution in [2.45, 2.75) is 6.42 Å². The van der Waals surface area contributed by atoms with E-state index in [0.29, 0.717) is 24.8 Å². The summed E-state index contributed by atoms with van der Waals surface area (Å²) in [6.07, 6.45) is 2.10. The Bertz CT molecular complexity index is 1090. The zero-order valence-corrected chi connectivity index (χ0v) is 17.9. The Morgan fingerprint density at radius 1 is 1.14 bits per heavy atom. The molecule has 29 heavy (non-hydrogen) atoms. The smallest absolute Gasteiger partial charge is 0.279 e. The van der Waals surface area contributed by atoms with Gasteiger partial charge in [-0.15, -0.1) is 0 Å². The number of hydrogen-bond acceptors (Lipinski definition) is 6. The van der Waals surface area contributed by atoms with Gasteiger partial charge >= 0.3 is 0 Å². The Balaban J connectivity index is 1.32. The Morgan fingerprint density at radius 3 is 2.59 bits per heavy atom. The van der Waals surface area contributed by atoms with Gasteiger partial charge in [0.1, 0.15) is 5.75 Å². The summed E-state index contributed by atoms with van der Waals surface area (Å²) >= 11 is 1.53. The number of sulfonamides is 1. The fourth-order valence-corrected chi connectivity index (χ4v) is 4.94. The third kappa shape index (κ3) is 4.77. The molecule has 1 aliphatic heterocycles. The number of ether oxygens (including phenoxy) is 1. The SMILES string of the molecule is C=C1CN(S(C)(=O)=O)CCN1CCc1ccc(Oc2nc3ccccc3s2)cc1. The highest BCUT2D eigenvalue weighted by Gasteiger charge is 2.25. The minimum absolute atomic E-state index is 0.369. The largest absolute Gasteiger partial charge is 0.431 e. The van der Waals surface area contributed by atoms with E-state index in [9.17, 15) is 8.42 Å². The lowest BCUT2D eigenvalue weighted by atomic mass is 10.1. The Kier molecular flexibility index (Phi) is 5.58. The van der Waals surface area contributed by atoms with Crippen LogP contribution in [0.3, 0.4) is 0 Å². The van der Waals surface area contributed by atoms with Crippen molar-refractivity contribution in [3.05, 3.63) is 66.4 Å². The molecule has 8 heteroatoms. The molecule has 6 nitrogen and oxygen atoms in total. The first-order valence-electron chi connectivity index (χ1n) is 9.39. The quantitative estimate of drug-likeness (QED) is 0.598. The number of thiazole rings is 1. The number of piperazine rings is 1. The van der Waals surface area contributed by atoms with Gasteiger partial charge in [0.05, 0.1) is 23.0 Å². The number of hydrogen-bond donors (Lipinski definition) is 0. The van der Waals surface area contributed by atoms with Crippen molar-refractivity contribution >= 4 is 31.6 Å². The van der Waals surface area contributed by atoms with Crippen molar-refractivity contribution < 1.29 is 13.2 Å². The number of fused-ring (bicyclic) bond motifs is 1. The summed E-state index contributed by atoms with van der Waals surface area (Å²) in [4.78, 5) is 6.65. The van der Waals surface area contributed by atoms with E-state index in [-0.39, 0.29) is 0 Å². The molecule has 0 aliphatic carbocycles. The van der Waals surface area contributed by atoms with Gasteiger partial charge in [-0.1, -0.05) is 42.2 Å². The maximum Gasteiger partial charge on any atom is 0.279 e. The van der Waals surface area contributed by atoms with Crippen LogP contribution in [0.5, 0.6) is 10.9 Å². The molecule has 1 saturated heterocycles. The summed E-state index contributed by atoms with van der Waals surface area (Å²) in [5.74, 6) is 0.763. The van der Waals surface area contributed by atoms with Crippen LogP contribution in [0.4, 0.5) is 0 Å². The molecule has 0 radical (unpaired) electrons. The molecule has 0 unspecified atom stereocenters. The zero-order chi connectivity index (χ0) is 20.4. The standard InChI is InChI=1S/C21H23N3O3S2/c1-16-15-24(29(2,25)26)14-13-23(16)12-11-17-7-9-18(10-8-17)27-21-22-19-5-3-4-6-20(19)28-21/h3-10H,1,11-15H2,2H3. The number of rotatable bonds is 6. The third-order valence-corrected chi connectivity index (χ3v) is 7.13. The van der Waals surface area contributed by atoms with Gasteiger partial charge in [-0.05, 0) is 36.2 Å². The van der Waals surface area contributed by atoms with E-state index >= 15 is 0 Å². The molecule has 0 N–H and O–H groups in total. The first-order chi connectivity index (χ1) is 13.9. The Hall–Kier alpha value is -2.42. The second kappa shape index (κ2) is 8.14. The summed E-state index contributed by atoms with van der Waals surface area (Å²) in [6, 6.07) is 16.0. The number of para-hydroxylation sites is 1. The lowest BCUT2D eigenvalue weighted by molar-refractivity contribution is 0.246.